The summed E-state index contributed by atoms with van der Waals surface area (Å²) < 4.78 is 5.87. The van der Waals surface area contributed by atoms with Gasteiger partial charge in [-0.2, -0.15) is 0 Å². The Morgan fingerprint density at radius 3 is 2.13 bits per heavy atom. The number of rotatable bonds is 3. The number of nitrogens with one attached hydrogen (secondary N) is 2. The molecule has 0 aliphatic heterocycles. The lowest BCUT2D eigenvalue weighted by molar-refractivity contribution is 0.0697. The third kappa shape index (κ3) is 7.72. The van der Waals surface area contributed by atoms with Crippen molar-refractivity contribution < 1.29 is 14.6 Å². The maximum atomic E-state index is 12.0. The highest BCUT2D eigenvalue weighted by Crippen LogP contribution is 2.22. The molecule has 5 aromatic rings. The van der Waals surface area contributed by atoms with Crippen LogP contribution in [-0.4, -0.2) is 54.0 Å². The number of nitrogens with two attached hydrogens (primary N) is 1. The second kappa shape index (κ2) is 13.8. The van der Waals surface area contributed by atoms with Crippen LogP contribution in [0, 0.1) is 5.41 Å². The fourth-order valence-corrected chi connectivity index (χ4v) is 4.09. The predicted molar refractivity (Wildman–Crippen MR) is 152 cm³/mol. The monoisotopic (exact) mass is 654 g/mol. The summed E-state index contributed by atoms with van der Waals surface area (Å²) in [7, 11) is 1.44. The van der Waals surface area contributed by atoms with Gasteiger partial charge in [0.05, 0.1) is 34.7 Å². The SMILES string of the molecule is COC(=N)c1cncnc1.Nc1cccc(Br)c1C(=O)O.O=c1[nH]c(-c2cncnc2)nc2cccc(Br)c12. The lowest BCUT2D eigenvalue weighted by Gasteiger charge is -2.03. The standard InChI is InChI=1S/C12H7BrN4O.C7H6BrNO2.C6H7N3O/c13-8-2-1-3-9-10(8)12(18)17-11(16-9)7-4-14-6-15-5-7;8-4-2-1-3-5(9)6(4)7(10)11;1-10-6(7)5-2-8-4-9-3-5/h1-6H,(H,16,17,18);1-3H,9H2,(H,10,11);2-4,7H,1H3. The average Bonchev–Trinajstić information content (AvgIpc) is 2.94. The summed E-state index contributed by atoms with van der Waals surface area (Å²) in [5.74, 6) is -0.471. The topological polar surface area (TPSA) is 194 Å². The number of ether oxygens (including phenoxy) is 1. The van der Waals surface area contributed by atoms with E-state index < -0.39 is 5.97 Å². The fraction of sp³-hybridized carbons (Fsp3) is 0.0400. The van der Waals surface area contributed by atoms with Gasteiger partial charge in [0.15, 0.2) is 0 Å². The van der Waals surface area contributed by atoms with E-state index in [4.69, 9.17) is 16.2 Å². The Kier molecular flexibility index (Phi) is 10.3. The molecule has 3 heterocycles. The maximum Gasteiger partial charge on any atom is 0.338 e. The van der Waals surface area contributed by atoms with Gasteiger partial charge in [0.1, 0.15) is 18.5 Å². The van der Waals surface area contributed by atoms with Gasteiger partial charge >= 0.3 is 5.97 Å². The summed E-state index contributed by atoms with van der Waals surface area (Å²) in [6.45, 7) is 0. The number of H-pyrrole nitrogens is 1. The molecule has 5 rings (SSSR count). The van der Waals surface area contributed by atoms with Gasteiger partial charge in [-0.15, -0.1) is 0 Å². The van der Waals surface area contributed by atoms with Crippen molar-refractivity contribution in [3.8, 4) is 11.4 Å². The molecule has 12 nitrogen and oxygen atoms in total. The number of nitrogen functional groups attached to an aromatic ring is 1. The summed E-state index contributed by atoms with van der Waals surface area (Å²) in [4.78, 5) is 44.9. The number of anilines is 1. The van der Waals surface area contributed by atoms with Crippen LogP contribution in [0.3, 0.4) is 0 Å². The summed E-state index contributed by atoms with van der Waals surface area (Å²) in [5, 5.41) is 16.4. The summed E-state index contributed by atoms with van der Waals surface area (Å²) >= 11 is 6.43. The molecule has 0 saturated heterocycles. The molecule has 0 radical (unpaired) electrons. The first-order valence-electron chi connectivity index (χ1n) is 10.8. The van der Waals surface area contributed by atoms with Gasteiger partial charge in [0.2, 0.25) is 5.90 Å². The minimum atomic E-state index is -1.02. The summed E-state index contributed by atoms with van der Waals surface area (Å²) in [6, 6.07) is 10.3. The van der Waals surface area contributed by atoms with Crippen molar-refractivity contribution in [1.82, 2.24) is 29.9 Å². The number of benzene rings is 2. The fourth-order valence-electron chi connectivity index (χ4n) is 3.01. The second-order valence-electron chi connectivity index (χ2n) is 7.35. The molecule has 0 unspecified atom stereocenters. The third-order valence-electron chi connectivity index (χ3n) is 4.80. The van der Waals surface area contributed by atoms with Crippen molar-refractivity contribution in [1.29, 1.82) is 5.41 Å². The Labute approximate surface area is 238 Å². The molecular weight excluding hydrogens is 636 g/mol. The number of carbonyl (C=O) groups is 1. The van der Waals surface area contributed by atoms with E-state index in [2.05, 4.69) is 66.5 Å². The summed E-state index contributed by atoms with van der Waals surface area (Å²) in [6.07, 6.45) is 9.10. The van der Waals surface area contributed by atoms with E-state index in [9.17, 15) is 9.59 Å². The van der Waals surface area contributed by atoms with E-state index in [1.165, 1.54) is 32.2 Å². The number of methoxy groups -OCH3 is 1. The Morgan fingerprint density at radius 1 is 0.974 bits per heavy atom. The number of hydrogen-bond acceptors (Lipinski definition) is 10. The molecule has 5 N–H and O–H groups in total. The highest BCUT2D eigenvalue weighted by Gasteiger charge is 2.11. The number of carboxylic acid groups (broad SMARTS) is 1. The smallest absolute Gasteiger partial charge is 0.338 e. The number of nitrogens with zero attached hydrogens (tertiary/aromatic N) is 5. The lowest BCUT2D eigenvalue weighted by atomic mass is 10.2. The van der Waals surface area contributed by atoms with E-state index in [1.807, 2.05) is 12.1 Å². The average molecular weight is 656 g/mol. The van der Waals surface area contributed by atoms with Crippen molar-refractivity contribution in [2.75, 3.05) is 12.8 Å². The Hall–Kier alpha value is -4.56. The minimum absolute atomic E-state index is 0.0839. The van der Waals surface area contributed by atoms with Crippen LogP contribution in [0.15, 0.2) is 87.6 Å². The highest BCUT2D eigenvalue weighted by atomic mass is 79.9. The van der Waals surface area contributed by atoms with Crippen molar-refractivity contribution in [3.63, 3.8) is 0 Å². The van der Waals surface area contributed by atoms with Crippen LogP contribution in [0.2, 0.25) is 0 Å². The molecule has 0 aliphatic rings. The van der Waals surface area contributed by atoms with Gasteiger partial charge in [0.25, 0.3) is 5.56 Å². The van der Waals surface area contributed by atoms with Crippen LogP contribution in [0.5, 0.6) is 0 Å². The molecule has 14 heteroatoms. The summed E-state index contributed by atoms with van der Waals surface area (Å²) in [5.41, 5.74) is 7.51. The van der Waals surface area contributed by atoms with Gasteiger partial charge < -0.3 is 20.6 Å². The number of aromatic carboxylic acids is 1. The van der Waals surface area contributed by atoms with Crippen molar-refractivity contribution in [3.05, 3.63) is 104 Å². The third-order valence-corrected chi connectivity index (χ3v) is 6.13. The molecule has 0 fully saturated rings. The number of aromatic amines is 1. The molecule has 0 atom stereocenters. The molecule has 0 spiro atoms. The molecule has 2 aromatic carbocycles. The number of hydrogen-bond donors (Lipinski definition) is 4. The number of fused-ring (bicyclic) bond motifs is 1. The van der Waals surface area contributed by atoms with Gasteiger partial charge in [-0.05, 0) is 56.1 Å². The van der Waals surface area contributed by atoms with E-state index in [0.29, 0.717) is 32.3 Å². The second-order valence-corrected chi connectivity index (χ2v) is 9.05. The minimum Gasteiger partial charge on any atom is -0.481 e. The van der Waals surface area contributed by atoms with Crippen molar-refractivity contribution in [2.45, 2.75) is 0 Å². The molecule has 0 amide bonds. The number of carboxylic acids is 1. The quantitative estimate of drug-likeness (QED) is 0.123. The lowest BCUT2D eigenvalue weighted by Crippen LogP contribution is -2.10. The number of aromatic nitrogens is 6. The Balaban J connectivity index is 0.000000173. The first-order valence-corrected chi connectivity index (χ1v) is 12.4. The zero-order valence-electron chi connectivity index (χ0n) is 20.2. The molecular formula is C25H20Br2N8O4. The first-order chi connectivity index (χ1) is 18.7. The van der Waals surface area contributed by atoms with Crippen LogP contribution in [-0.2, 0) is 4.74 Å². The van der Waals surface area contributed by atoms with Crippen LogP contribution >= 0.6 is 31.9 Å². The Bertz CT molecular complexity index is 1630. The molecule has 198 valence electrons. The molecule has 0 saturated carbocycles. The largest absolute Gasteiger partial charge is 0.481 e. The van der Waals surface area contributed by atoms with E-state index in [1.54, 1.807) is 36.7 Å². The zero-order valence-corrected chi connectivity index (χ0v) is 23.3. The van der Waals surface area contributed by atoms with E-state index in [-0.39, 0.29) is 22.7 Å². The van der Waals surface area contributed by atoms with E-state index >= 15 is 0 Å². The first kappa shape index (κ1) is 29.0. The zero-order chi connectivity index (χ0) is 28.4. The van der Waals surface area contributed by atoms with Gasteiger partial charge in [-0.25, -0.2) is 29.7 Å². The maximum absolute atomic E-state index is 12.0. The molecule has 39 heavy (non-hydrogen) atoms. The van der Waals surface area contributed by atoms with E-state index in [0.717, 1.165) is 4.47 Å². The van der Waals surface area contributed by atoms with Crippen LogP contribution in [0.1, 0.15) is 15.9 Å². The number of halogens is 2. The van der Waals surface area contributed by atoms with Crippen molar-refractivity contribution >= 4 is 60.3 Å². The van der Waals surface area contributed by atoms with Crippen molar-refractivity contribution in [2.24, 2.45) is 0 Å². The van der Waals surface area contributed by atoms with Gasteiger partial charge in [0, 0.05) is 39.4 Å². The van der Waals surface area contributed by atoms with Gasteiger partial charge in [-0.1, -0.05) is 12.1 Å². The molecule has 0 aliphatic carbocycles. The highest BCUT2D eigenvalue weighted by molar-refractivity contribution is 9.11. The normalized spacial score (nSPS) is 9.92. The molecule has 0 bridgehead atoms. The van der Waals surface area contributed by atoms with Crippen LogP contribution in [0.25, 0.3) is 22.3 Å². The Morgan fingerprint density at radius 2 is 1.56 bits per heavy atom. The predicted octanol–water partition coefficient (Wildman–Crippen LogP) is 4.32. The van der Waals surface area contributed by atoms with Gasteiger partial charge in [-0.3, -0.25) is 10.2 Å². The van der Waals surface area contributed by atoms with Crippen LogP contribution < -0.4 is 11.3 Å². The van der Waals surface area contributed by atoms with Crippen LogP contribution in [0.4, 0.5) is 5.69 Å². The molecule has 3 aromatic heterocycles.